The van der Waals surface area contributed by atoms with Gasteiger partial charge in [0, 0.05) is 50.7 Å². The van der Waals surface area contributed by atoms with Crippen LogP contribution in [-0.4, -0.2) is 5.97 Å². The second-order valence-electron chi connectivity index (χ2n) is 19.6. The van der Waals surface area contributed by atoms with E-state index in [1.165, 1.54) is 11.1 Å². The number of hydrogen-bond acceptors (Lipinski definition) is 6. The number of esters is 1. The molecule has 1 atom stereocenters. The zero-order chi connectivity index (χ0) is 51.8. The number of carbonyl (C=O) groups is 1. The van der Waals surface area contributed by atoms with E-state index in [1.807, 2.05) is 72.8 Å². The molecule has 10 aromatic carbocycles. The van der Waals surface area contributed by atoms with E-state index in [1.54, 1.807) is 0 Å². The summed E-state index contributed by atoms with van der Waals surface area (Å²) in [5.41, 5.74) is 16.6. The zero-order valence-electron chi connectivity index (χ0n) is 42.6. The molecule has 2 aliphatic rings. The fourth-order valence-electron chi connectivity index (χ4n) is 11.1. The molecule has 0 amide bonds. The van der Waals surface area contributed by atoms with Crippen LogP contribution in [0.15, 0.2) is 255 Å². The maximum absolute atomic E-state index is 13.9. The van der Waals surface area contributed by atoms with Crippen LogP contribution in [-0.2, 0) is 29.8 Å². The molecule has 0 heterocycles. The number of anilines is 6. The van der Waals surface area contributed by atoms with E-state index in [9.17, 15) is 4.79 Å². The van der Waals surface area contributed by atoms with Crippen LogP contribution in [0.25, 0.3) is 24.3 Å². The molecule has 6 nitrogen and oxygen atoms in total. The third-order valence-corrected chi connectivity index (χ3v) is 14.8. The van der Waals surface area contributed by atoms with Gasteiger partial charge in [-0.05, 0) is 162 Å². The standard InChI is InChI=1S/C71H56N2O4/c74-70(59-41-35-53(36-42-59)28-30-55-39-45-65(46-40-55)73(62-21-9-3-10-22-62)63-23-11-4-12-24-63)76-66-25-13-15-57-47-49-71(68(57)66)50-48-58-16-14-26-67(69(58)71)77-75-51-56-33-31-52(32-34-56)27-29-54-37-43-64(44-38-54)72(60-17-5-1-6-18-60)61-19-7-2-8-20-61/h1-46H,47-51H2. The van der Waals surface area contributed by atoms with Gasteiger partial charge in [-0.2, -0.15) is 4.89 Å². The van der Waals surface area contributed by atoms with Crippen LogP contribution < -0.4 is 19.4 Å². The molecule has 77 heavy (non-hydrogen) atoms. The predicted molar refractivity (Wildman–Crippen MR) is 314 cm³/mol. The maximum Gasteiger partial charge on any atom is 0.343 e. The van der Waals surface area contributed by atoms with Gasteiger partial charge in [-0.15, -0.1) is 0 Å². The largest absolute Gasteiger partial charge is 0.423 e. The monoisotopic (exact) mass is 1000 g/mol. The van der Waals surface area contributed by atoms with Gasteiger partial charge in [0.1, 0.15) is 12.4 Å². The SMILES string of the molecule is O=C(Oc1cccc2c1C1(CCc3cccc(OOCc4ccc(C=Cc5ccc(N(c6ccccc6)c6ccccc6)cc5)cc4)c31)CC2)c1ccc(C=Cc2ccc(N(c3ccccc3)c3ccccc3)cc2)cc1. The zero-order valence-corrected chi connectivity index (χ0v) is 42.6. The molecule has 0 aromatic heterocycles. The Hall–Kier alpha value is -9.49. The molecule has 10 aromatic rings. The molecule has 2 aliphatic carbocycles. The summed E-state index contributed by atoms with van der Waals surface area (Å²) in [5.74, 6) is 0.920. The van der Waals surface area contributed by atoms with Gasteiger partial charge in [0.15, 0.2) is 5.75 Å². The number of benzene rings is 10. The van der Waals surface area contributed by atoms with Gasteiger partial charge in [-0.3, -0.25) is 0 Å². The molecule has 1 unspecified atom stereocenters. The number of carbonyl (C=O) groups excluding carboxylic acids is 1. The van der Waals surface area contributed by atoms with Crippen molar-refractivity contribution in [2.24, 2.45) is 0 Å². The molecular formula is C71H56N2O4. The predicted octanol–water partition coefficient (Wildman–Crippen LogP) is 17.9. The van der Waals surface area contributed by atoms with Crippen LogP contribution in [0.4, 0.5) is 34.1 Å². The number of para-hydroxylation sites is 4. The van der Waals surface area contributed by atoms with Gasteiger partial charge in [-0.1, -0.05) is 182 Å². The first-order valence-corrected chi connectivity index (χ1v) is 26.4. The van der Waals surface area contributed by atoms with E-state index in [0.29, 0.717) is 17.1 Å². The van der Waals surface area contributed by atoms with Crippen LogP contribution in [0.1, 0.15) is 73.3 Å². The van der Waals surface area contributed by atoms with Gasteiger partial charge in [0.2, 0.25) is 0 Å². The summed E-state index contributed by atoms with van der Waals surface area (Å²) in [6.45, 7) is 0.284. The Labute approximate surface area is 451 Å². The maximum atomic E-state index is 13.9. The molecule has 0 saturated heterocycles. The Morgan fingerprint density at radius 2 is 0.753 bits per heavy atom. The smallest absolute Gasteiger partial charge is 0.343 e. The summed E-state index contributed by atoms with van der Waals surface area (Å²) in [6, 6.07) is 87.1. The van der Waals surface area contributed by atoms with Crippen molar-refractivity contribution in [3.8, 4) is 11.5 Å². The Kier molecular flexibility index (Phi) is 13.9. The van der Waals surface area contributed by atoms with Crippen molar-refractivity contribution in [2.75, 3.05) is 9.80 Å². The molecule has 0 radical (unpaired) electrons. The minimum atomic E-state index is -0.385. The van der Waals surface area contributed by atoms with Crippen LogP contribution in [0, 0.1) is 0 Å². The molecule has 12 rings (SSSR count). The lowest BCUT2D eigenvalue weighted by molar-refractivity contribution is -0.218. The summed E-state index contributed by atoms with van der Waals surface area (Å²) in [4.78, 5) is 30.7. The molecule has 6 heteroatoms. The minimum absolute atomic E-state index is 0.284. The second-order valence-corrected chi connectivity index (χ2v) is 19.6. The normalized spacial score (nSPS) is 14.4. The van der Waals surface area contributed by atoms with Gasteiger partial charge < -0.3 is 19.4 Å². The van der Waals surface area contributed by atoms with Crippen LogP contribution >= 0.6 is 0 Å². The lowest BCUT2D eigenvalue weighted by Gasteiger charge is -2.29. The van der Waals surface area contributed by atoms with Gasteiger partial charge in [-0.25, -0.2) is 4.79 Å². The Morgan fingerprint density at radius 1 is 0.390 bits per heavy atom. The fourth-order valence-corrected chi connectivity index (χ4v) is 11.1. The number of ether oxygens (including phenoxy) is 1. The summed E-state index contributed by atoms with van der Waals surface area (Å²) in [6.07, 6.45) is 12.0. The highest BCUT2D eigenvalue weighted by molar-refractivity contribution is 5.92. The third-order valence-electron chi connectivity index (χ3n) is 14.8. The fraction of sp³-hybridized carbons (Fsp3) is 0.0845. The van der Waals surface area contributed by atoms with E-state index in [2.05, 4.69) is 216 Å². The van der Waals surface area contributed by atoms with Crippen molar-refractivity contribution in [1.29, 1.82) is 0 Å². The summed E-state index contributed by atoms with van der Waals surface area (Å²) < 4.78 is 6.34. The van der Waals surface area contributed by atoms with Crippen LogP contribution in [0.5, 0.6) is 11.5 Å². The summed E-state index contributed by atoms with van der Waals surface area (Å²) in [7, 11) is 0. The number of rotatable bonds is 16. The van der Waals surface area contributed by atoms with Crippen LogP contribution in [0.2, 0.25) is 0 Å². The molecule has 1 spiro atoms. The van der Waals surface area contributed by atoms with Crippen molar-refractivity contribution in [3.05, 3.63) is 310 Å². The molecule has 0 fully saturated rings. The topological polar surface area (TPSA) is 51.2 Å². The number of nitrogens with zero attached hydrogens (tertiary/aromatic N) is 2. The Balaban J connectivity index is 0.683. The second kappa shape index (κ2) is 22.2. The molecule has 374 valence electrons. The number of aryl methyl sites for hydroxylation is 2. The lowest BCUT2D eigenvalue weighted by Crippen LogP contribution is -2.24. The van der Waals surface area contributed by atoms with E-state index in [4.69, 9.17) is 14.5 Å². The summed E-state index contributed by atoms with van der Waals surface area (Å²) in [5, 5.41) is 0. The molecule has 0 bridgehead atoms. The van der Waals surface area contributed by atoms with Crippen molar-refractivity contribution >= 4 is 64.4 Å². The average Bonchev–Trinajstić information content (AvgIpc) is 4.19. The number of fused-ring (bicyclic) bond motifs is 4. The van der Waals surface area contributed by atoms with Gasteiger partial charge in [0.25, 0.3) is 0 Å². The molecule has 0 N–H and O–H groups in total. The highest BCUT2D eigenvalue weighted by atomic mass is 17.2. The summed E-state index contributed by atoms with van der Waals surface area (Å²) >= 11 is 0. The molecule has 0 saturated carbocycles. The van der Waals surface area contributed by atoms with E-state index in [0.717, 1.165) is 98.8 Å². The highest BCUT2D eigenvalue weighted by Crippen LogP contribution is 2.57. The lowest BCUT2D eigenvalue weighted by atomic mass is 9.76. The molecule has 0 aliphatic heterocycles. The van der Waals surface area contributed by atoms with Gasteiger partial charge in [0.05, 0.1) is 5.56 Å². The van der Waals surface area contributed by atoms with E-state index >= 15 is 0 Å². The molecular weight excluding hydrogens is 945 g/mol. The van der Waals surface area contributed by atoms with Crippen molar-refractivity contribution < 1.29 is 19.3 Å². The first kappa shape index (κ1) is 48.4. The van der Waals surface area contributed by atoms with E-state index in [-0.39, 0.29) is 18.0 Å². The van der Waals surface area contributed by atoms with Crippen molar-refractivity contribution in [2.45, 2.75) is 37.7 Å². The van der Waals surface area contributed by atoms with Crippen molar-refractivity contribution in [1.82, 2.24) is 0 Å². The van der Waals surface area contributed by atoms with Crippen molar-refractivity contribution in [3.63, 3.8) is 0 Å². The van der Waals surface area contributed by atoms with Gasteiger partial charge >= 0.3 is 5.97 Å². The van der Waals surface area contributed by atoms with E-state index < -0.39 is 0 Å². The quantitative estimate of drug-likeness (QED) is 0.0316. The number of hydrogen-bond donors (Lipinski definition) is 0. The average molecular weight is 1000 g/mol. The first-order valence-electron chi connectivity index (χ1n) is 26.4. The third kappa shape index (κ3) is 10.5. The Morgan fingerprint density at radius 3 is 1.18 bits per heavy atom. The first-order chi connectivity index (χ1) is 38.0. The Bertz CT molecular complexity index is 3590. The highest BCUT2D eigenvalue weighted by Gasteiger charge is 2.49. The van der Waals surface area contributed by atoms with Crippen LogP contribution in [0.3, 0.4) is 0 Å². The minimum Gasteiger partial charge on any atom is -0.423 e.